The van der Waals surface area contributed by atoms with Gasteiger partial charge in [0.05, 0.1) is 25.3 Å². The summed E-state index contributed by atoms with van der Waals surface area (Å²) in [5.41, 5.74) is 2.04. The molecular formula is C14H17ClN2O2. The Morgan fingerprint density at radius 3 is 3.05 bits per heavy atom. The van der Waals surface area contributed by atoms with E-state index < -0.39 is 0 Å². The van der Waals surface area contributed by atoms with Gasteiger partial charge in [0.1, 0.15) is 0 Å². The van der Waals surface area contributed by atoms with Crippen molar-refractivity contribution in [3.63, 3.8) is 0 Å². The van der Waals surface area contributed by atoms with E-state index >= 15 is 0 Å². The lowest BCUT2D eigenvalue weighted by Gasteiger charge is -2.08. The highest BCUT2D eigenvalue weighted by atomic mass is 35.5. The number of nitrogens with one attached hydrogen (secondary N) is 1. The molecule has 1 aromatic heterocycles. The van der Waals surface area contributed by atoms with Crippen LogP contribution >= 0.6 is 11.6 Å². The molecule has 0 bridgehead atoms. The summed E-state index contributed by atoms with van der Waals surface area (Å²) in [6.07, 6.45) is 1.78. The van der Waals surface area contributed by atoms with Gasteiger partial charge in [0.2, 0.25) is 0 Å². The van der Waals surface area contributed by atoms with Crippen molar-refractivity contribution >= 4 is 22.5 Å². The number of aromatic nitrogens is 1. The van der Waals surface area contributed by atoms with Crippen LogP contribution in [0.15, 0.2) is 30.5 Å². The van der Waals surface area contributed by atoms with Crippen molar-refractivity contribution in [1.29, 1.82) is 0 Å². The van der Waals surface area contributed by atoms with E-state index in [1.807, 2.05) is 24.3 Å². The monoisotopic (exact) mass is 280 g/mol. The minimum absolute atomic E-state index is 0.0584. The first-order chi connectivity index (χ1) is 9.31. The average Bonchev–Trinajstić information content (AvgIpc) is 2.42. The van der Waals surface area contributed by atoms with Crippen molar-refractivity contribution in [2.75, 3.05) is 26.4 Å². The molecule has 0 saturated heterocycles. The standard InChI is InChI=1S/C14H17ClN2O2/c15-13-8-11-2-1-3-17-14(11)12(9-13)10-16-4-6-19-7-5-18/h1-3,8-9,16,18H,4-7,10H2. The largest absolute Gasteiger partial charge is 0.394 e. The predicted molar refractivity (Wildman–Crippen MR) is 76.4 cm³/mol. The number of ether oxygens (including phenoxy) is 1. The Bertz CT molecular complexity index is 534. The van der Waals surface area contributed by atoms with Crippen molar-refractivity contribution < 1.29 is 9.84 Å². The molecule has 5 heteroatoms. The highest BCUT2D eigenvalue weighted by Crippen LogP contribution is 2.21. The maximum Gasteiger partial charge on any atom is 0.0747 e. The Hall–Kier alpha value is -1.20. The van der Waals surface area contributed by atoms with E-state index in [9.17, 15) is 0 Å². The number of hydrogen-bond acceptors (Lipinski definition) is 4. The molecule has 4 nitrogen and oxygen atoms in total. The summed E-state index contributed by atoms with van der Waals surface area (Å²) in [5.74, 6) is 0. The molecule has 19 heavy (non-hydrogen) atoms. The number of hydrogen-bond donors (Lipinski definition) is 2. The third-order valence-electron chi connectivity index (χ3n) is 2.72. The smallest absolute Gasteiger partial charge is 0.0747 e. The maximum absolute atomic E-state index is 8.58. The molecule has 0 aliphatic rings. The lowest BCUT2D eigenvalue weighted by atomic mass is 10.1. The first-order valence-corrected chi connectivity index (χ1v) is 6.61. The fraction of sp³-hybridized carbons (Fsp3) is 0.357. The van der Waals surface area contributed by atoms with E-state index in [4.69, 9.17) is 21.4 Å². The van der Waals surface area contributed by atoms with Crippen LogP contribution in [0.3, 0.4) is 0 Å². The molecule has 0 aliphatic heterocycles. The Morgan fingerprint density at radius 1 is 1.32 bits per heavy atom. The molecule has 0 radical (unpaired) electrons. The highest BCUT2D eigenvalue weighted by Gasteiger charge is 2.03. The van der Waals surface area contributed by atoms with Gasteiger partial charge in [-0.1, -0.05) is 17.7 Å². The molecule has 0 unspecified atom stereocenters. The van der Waals surface area contributed by atoms with Gasteiger partial charge in [-0.3, -0.25) is 4.98 Å². The summed E-state index contributed by atoms with van der Waals surface area (Å²) >= 11 is 6.10. The van der Waals surface area contributed by atoms with Crippen molar-refractivity contribution in [3.05, 3.63) is 41.0 Å². The Kier molecular flexibility index (Phi) is 5.54. The van der Waals surface area contributed by atoms with Gasteiger partial charge in [0.25, 0.3) is 0 Å². The first kappa shape index (κ1) is 14.2. The summed E-state index contributed by atoms with van der Waals surface area (Å²) < 4.78 is 5.18. The molecule has 0 spiro atoms. The van der Waals surface area contributed by atoms with Gasteiger partial charge >= 0.3 is 0 Å². The third kappa shape index (κ3) is 4.14. The van der Waals surface area contributed by atoms with Gasteiger partial charge < -0.3 is 15.2 Å². The number of rotatable bonds is 7. The number of pyridine rings is 1. The molecule has 0 atom stereocenters. The maximum atomic E-state index is 8.58. The number of halogens is 1. The molecule has 0 saturated carbocycles. The van der Waals surface area contributed by atoms with Crippen LogP contribution in [0, 0.1) is 0 Å². The van der Waals surface area contributed by atoms with Crippen LogP contribution in [0.5, 0.6) is 0 Å². The zero-order valence-corrected chi connectivity index (χ0v) is 11.4. The van der Waals surface area contributed by atoms with Crippen molar-refractivity contribution in [1.82, 2.24) is 10.3 Å². The molecule has 2 N–H and O–H groups in total. The van der Waals surface area contributed by atoms with Gasteiger partial charge in [0, 0.05) is 29.7 Å². The quantitative estimate of drug-likeness (QED) is 0.762. The minimum atomic E-state index is 0.0584. The van der Waals surface area contributed by atoms with Crippen LogP contribution in [0.25, 0.3) is 10.9 Å². The van der Waals surface area contributed by atoms with E-state index in [-0.39, 0.29) is 6.61 Å². The second-order valence-electron chi connectivity index (χ2n) is 4.15. The predicted octanol–water partition coefficient (Wildman–Crippen LogP) is 1.99. The molecule has 102 valence electrons. The van der Waals surface area contributed by atoms with Gasteiger partial charge in [-0.25, -0.2) is 0 Å². The zero-order valence-electron chi connectivity index (χ0n) is 10.6. The fourth-order valence-electron chi connectivity index (χ4n) is 1.90. The lowest BCUT2D eigenvalue weighted by molar-refractivity contribution is 0.0938. The van der Waals surface area contributed by atoms with Crippen molar-refractivity contribution in [3.8, 4) is 0 Å². The molecule has 0 fully saturated rings. The van der Waals surface area contributed by atoms with E-state index in [1.165, 1.54) is 0 Å². The van der Waals surface area contributed by atoms with Crippen LogP contribution in [-0.2, 0) is 11.3 Å². The molecule has 1 aromatic carbocycles. The summed E-state index contributed by atoms with van der Waals surface area (Å²) in [7, 11) is 0. The molecule has 0 amide bonds. The summed E-state index contributed by atoms with van der Waals surface area (Å²) in [6.45, 7) is 2.43. The molecule has 2 aromatic rings. The second kappa shape index (κ2) is 7.40. The van der Waals surface area contributed by atoms with Crippen molar-refractivity contribution in [2.45, 2.75) is 6.54 Å². The van der Waals surface area contributed by atoms with Gasteiger partial charge in [0.15, 0.2) is 0 Å². The molecule has 0 aliphatic carbocycles. The molecule has 2 rings (SSSR count). The first-order valence-electron chi connectivity index (χ1n) is 6.24. The van der Waals surface area contributed by atoms with E-state index in [0.29, 0.717) is 24.8 Å². The summed E-state index contributed by atoms with van der Waals surface area (Å²) in [5, 5.41) is 13.6. The Morgan fingerprint density at radius 2 is 2.21 bits per heavy atom. The SMILES string of the molecule is OCCOCCNCc1cc(Cl)cc2cccnc12. The van der Waals surface area contributed by atoms with Crippen LogP contribution in [0.1, 0.15) is 5.56 Å². The van der Waals surface area contributed by atoms with E-state index in [2.05, 4.69) is 10.3 Å². The molecule has 1 heterocycles. The zero-order chi connectivity index (χ0) is 13.5. The number of benzene rings is 1. The minimum Gasteiger partial charge on any atom is -0.394 e. The summed E-state index contributed by atoms with van der Waals surface area (Å²) in [6, 6.07) is 7.75. The normalized spacial score (nSPS) is 11.1. The van der Waals surface area contributed by atoms with E-state index in [1.54, 1.807) is 6.20 Å². The summed E-state index contributed by atoms with van der Waals surface area (Å²) in [4.78, 5) is 4.39. The molecular weight excluding hydrogens is 264 g/mol. The number of aliphatic hydroxyl groups excluding tert-OH is 1. The number of fused-ring (bicyclic) bond motifs is 1. The Balaban J connectivity index is 1.96. The lowest BCUT2D eigenvalue weighted by Crippen LogP contribution is -2.20. The Labute approximate surface area is 117 Å². The van der Waals surface area contributed by atoms with Crippen LogP contribution < -0.4 is 5.32 Å². The fourth-order valence-corrected chi connectivity index (χ4v) is 2.15. The van der Waals surface area contributed by atoms with Crippen LogP contribution in [0.2, 0.25) is 5.02 Å². The van der Waals surface area contributed by atoms with Crippen LogP contribution in [-0.4, -0.2) is 36.5 Å². The van der Waals surface area contributed by atoms with Gasteiger partial charge in [-0.05, 0) is 23.8 Å². The second-order valence-corrected chi connectivity index (χ2v) is 4.59. The topological polar surface area (TPSA) is 54.4 Å². The number of aliphatic hydroxyl groups is 1. The van der Waals surface area contributed by atoms with Crippen LogP contribution in [0.4, 0.5) is 0 Å². The van der Waals surface area contributed by atoms with E-state index in [0.717, 1.165) is 23.0 Å². The van der Waals surface area contributed by atoms with Gasteiger partial charge in [-0.2, -0.15) is 0 Å². The van der Waals surface area contributed by atoms with Crippen molar-refractivity contribution in [2.24, 2.45) is 0 Å². The van der Waals surface area contributed by atoms with Gasteiger partial charge in [-0.15, -0.1) is 0 Å². The number of nitrogens with zero attached hydrogens (tertiary/aromatic N) is 1. The third-order valence-corrected chi connectivity index (χ3v) is 2.94. The average molecular weight is 281 g/mol. The highest BCUT2D eigenvalue weighted by molar-refractivity contribution is 6.31.